The van der Waals surface area contributed by atoms with E-state index in [9.17, 15) is 9.59 Å². The maximum Gasteiger partial charge on any atom is 0.290 e. The Morgan fingerprint density at radius 2 is 1.82 bits per heavy atom. The van der Waals surface area contributed by atoms with Crippen molar-refractivity contribution in [2.24, 2.45) is 0 Å². The second-order valence-corrected chi connectivity index (χ2v) is 7.20. The van der Waals surface area contributed by atoms with E-state index in [1.54, 1.807) is 25.3 Å². The normalized spacial score (nSPS) is 15.1. The molecule has 1 fully saturated rings. The van der Waals surface area contributed by atoms with Crippen molar-refractivity contribution >= 4 is 39.8 Å². The van der Waals surface area contributed by atoms with E-state index in [1.807, 2.05) is 30.3 Å². The zero-order chi connectivity index (χ0) is 19.5. The molecule has 5 nitrogen and oxygen atoms in total. The Kier molecular flexibility index (Phi) is 5.04. The van der Waals surface area contributed by atoms with Crippen LogP contribution >= 0.6 is 11.8 Å². The number of hydrogen-bond acceptors (Lipinski definition) is 5. The van der Waals surface area contributed by atoms with Crippen molar-refractivity contribution in [3.8, 4) is 11.5 Å². The van der Waals surface area contributed by atoms with Crippen LogP contribution in [-0.4, -0.2) is 18.3 Å². The van der Waals surface area contributed by atoms with Gasteiger partial charge in [-0.15, -0.1) is 0 Å². The fourth-order valence-corrected chi connectivity index (χ4v) is 3.72. The summed E-state index contributed by atoms with van der Waals surface area (Å²) in [6.45, 7) is 0.408. The number of thioether (sulfide) groups is 1. The minimum Gasteiger partial charge on any atom is -0.493 e. The fraction of sp³-hybridized carbons (Fsp3) is 0.0909. The number of imide groups is 1. The van der Waals surface area contributed by atoms with E-state index in [0.717, 1.165) is 28.3 Å². The third-order valence-electron chi connectivity index (χ3n) is 4.39. The quantitative estimate of drug-likeness (QED) is 0.636. The fourth-order valence-electron chi connectivity index (χ4n) is 3.04. The number of fused-ring (bicyclic) bond motifs is 1. The molecule has 1 aliphatic rings. The number of rotatable bonds is 5. The van der Waals surface area contributed by atoms with E-state index in [4.69, 9.17) is 9.47 Å². The van der Waals surface area contributed by atoms with E-state index in [2.05, 4.69) is 23.5 Å². The van der Waals surface area contributed by atoms with Gasteiger partial charge in [0.25, 0.3) is 11.1 Å². The minimum absolute atomic E-state index is 0.358. The van der Waals surface area contributed by atoms with Crippen LogP contribution in [0.3, 0.4) is 0 Å². The Balaban J connectivity index is 1.56. The van der Waals surface area contributed by atoms with Gasteiger partial charge in [0.2, 0.25) is 0 Å². The molecule has 0 radical (unpaired) electrons. The molecule has 0 bridgehead atoms. The van der Waals surface area contributed by atoms with Gasteiger partial charge in [-0.05, 0) is 51.9 Å². The Hall–Kier alpha value is -3.25. The zero-order valence-electron chi connectivity index (χ0n) is 15.1. The SMILES string of the molecule is COc1cc(C=C2SC(=O)NC2=O)ccc1OCc1cccc2ccccc12. The minimum atomic E-state index is -0.384. The summed E-state index contributed by atoms with van der Waals surface area (Å²) in [7, 11) is 1.57. The van der Waals surface area contributed by atoms with E-state index in [0.29, 0.717) is 23.0 Å². The van der Waals surface area contributed by atoms with Crippen LogP contribution in [-0.2, 0) is 11.4 Å². The van der Waals surface area contributed by atoms with Crippen LogP contribution in [0.15, 0.2) is 65.6 Å². The maximum absolute atomic E-state index is 11.7. The Labute approximate surface area is 166 Å². The summed E-state index contributed by atoms with van der Waals surface area (Å²) in [6, 6.07) is 19.7. The average Bonchev–Trinajstić information content (AvgIpc) is 3.03. The molecule has 0 spiro atoms. The number of benzene rings is 3. The summed E-state index contributed by atoms with van der Waals surface area (Å²) in [5, 5.41) is 4.20. The molecule has 0 saturated carbocycles. The molecular weight excluding hydrogens is 374 g/mol. The largest absolute Gasteiger partial charge is 0.493 e. The maximum atomic E-state index is 11.7. The van der Waals surface area contributed by atoms with Gasteiger partial charge in [-0.2, -0.15) is 0 Å². The number of carbonyl (C=O) groups is 2. The third-order valence-corrected chi connectivity index (χ3v) is 5.20. The smallest absolute Gasteiger partial charge is 0.290 e. The lowest BCUT2D eigenvalue weighted by Gasteiger charge is -2.13. The van der Waals surface area contributed by atoms with Crippen LogP contribution in [0.4, 0.5) is 4.79 Å². The first-order chi connectivity index (χ1) is 13.6. The molecule has 3 aromatic carbocycles. The number of nitrogens with one attached hydrogen (secondary N) is 1. The van der Waals surface area contributed by atoms with Crippen LogP contribution in [0.2, 0.25) is 0 Å². The van der Waals surface area contributed by atoms with E-state index < -0.39 is 0 Å². The second-order valence-electron chi connectivity index (χ2n) is 6.19. The van der Waals surface area contributed by atoms with E-state index in [-0.39, 0.29) is 11.1 Å². The molecule has 140 valence electrons. The van der Waals surface area contributed by atoms with Crippen LogP contribution in [0.1, 0.15) is 11.1 Å². The number of carbonyl (C=O) groups excluding carboxylic acids is 2. The number of amides is 2. The summed E-state index contributed by atoms with van der Waals surface area (Å²) >= 11 is 0.884. The Morgan fingerprint density at radius 1 is 1.00 bits per heavy atom. The van der Waals surface area contributed by atoms with Gasteiger partial charge in [-0.3, -0.25) is 14.9 Å². The first kappa shape index (κ1) is 18.1. The standard InChI is InChI=1S/C22H17NO4S/c1-26-19-11-14(12-20-21(24)23-22(25)28-20)9-10-18(19)27-13-16-7-4-6-15-5-2-3-8-17(15)16/h2-12H,13H2,1H3,(H,23,24,25). The van der Waals surface area contributed by atoms with Crippen molar-refractivity contribution in [1.29, 1.82) is 0 Å². The van der Waals surface area contributed by atoms with Crippen molar-refractivity contribution < 1.29 is 19.1 Å². The highest BCUT2D eigenvalue weighted by atomic mass is 32.2. The lowest BCUT2D eigenvalue weighted by atomic mass is 10.1. The summed E-state index contributed by atoms with van der Waals surface area (Å²) in [5.74, 6) is 0.784. The molecule has 1 heterocycles. The zero-order valence-corrected chi connectivity index (χ0v) is 15.9. The third kappa shape index (κ3) is 3.73. The van der Waals surface area contributed by atoms with Crippen LogP contribution in [0.25, 0.3) is 16.8 Å². The highest BCUT2D eigenvalue weighted by Gasteiger charge is 2.25. The molecule has 0 aromatic heterocycles. The highest BCUT2D eigenvalue weighted by molar-refractivity contribution is 8.18. The van der Waals surface area contributed by atoms with Gasteiger partial charge >= 0.3 is 0 Å². The van der Waals surface area contributed by atoms with E-state index in [1.165, 1.54) is 5.39 Å². The lowest BCUT2D eigenvalue weighted by Crippen LogP contribution is -2.17. The topological polar surface area (TPSA) is 64.6 Å². The molecule has 1 saturated heterocycles. The molecule has 1 aliphatic heterocycles. The first-order valence-corrected chi connectivity index (χ1v) is 9.48. The van der Waals surface area contributed by atoms with Crippen LogP contribution in [0, 0.1) is 0 Å². The molecule has 0 unspecified atom stereocenters. The number of methoxy groups -OCH3 is 1. The van der Waals surface area contributed by atoms with Gasteiger partial charge in [0, 0.05) is 0 Å². The number of hydrogen-bond donors (Lipinski definition) is 1. The lowest BCUT2D eigenvalue weighted by molar-refractivity contribution is -0.115. The van der Waals surface area contributed by atoms with Gasteiger partial charge < -0.3 is 9.47 Å². The van der Waals surface area contributed by atoms with Crippen molar-refractivity contribution in [2.45, 2.75) is 6.61 Å². The highest BCUT2D eigenvalue weighted by Crippen LogP contribution is 2.32. The van der Waals surface area contributed by atoms with Gasteiger partial charge in [0.1, 0.15) is 6.61 Å². The molecule has 1 N–H and O–H groups in total. The Bertz CT molecular complexity index is 1100. The average molecular weight is 391 g/mol. The first-order valence-electron chi connectivity index (χ1n) is 8.66. The summed E-state index contributed by atoms with van der Waals surface area (Å²) in [6.07, 6.45) is 1.65. The van der Waals surface area contributed by atoms with Gasteiger partial charge in [0.05, 0.1) is 12.0 Å². The van der Waals surface area contributed by atoms with Gasteiger partial charge in [-0.1, -0.05) is 48.5 Å². The van der Waals surface area contributed by atoms with Crippen molar-refractivity contribution in [3.63, 3.8) is 0 Å². The molecule has 6 heteroatoms. The van der Waals surface area contributed by atoms with E-state index >= 15 is 0 Å². The van der Waals surface area contributed by atoms with Gasteiger partial charge in [0.15, 0.2) is 11.5 Å². The molecule has 28 heavy (non-hydrogen) atoms. The summed E-state index contributed by atoms with van der Waals surface area (Å²) < 4.78 is 11.4. The second kappa shape index (κ2) is 7.78. The monoisotopic (exact) mass is 391 g/mol. The summed E-state index contributed by atoms with van der Waals surface area (Å²) in [4.78, 5) is 23.3. The molecule has 3 aromatic rings. The van der Waals surface area contributed by atoms with Gasteiger partial charge in [-0.25, -0.2) is 0 Å². The predicted molar refractivity (Wildman–Crippen MR) is 110 cm³/mol. The van der Waals surface area contributed by atoms with Crippen LogP contribution in [0.5, 0.6) is 11.5 Å². The predicted octanol–water partition coefficient (Wildman–Crippen LogP) is 4.75. The molecule has 0 aliphatic carbocycles. The molecule has 0 atom stereocenters. The molecule has 2 amide bonds. The van der Waals surface area contributed by atoms with Crippen molar-refractivity contribution in [1.82, 2.24) is 5.32 Å². The van der Waals surface area contributed by atoms with Crippen LogP contribution < -0.4 is 14.8 Å². The number of ether oxygens (including phenoxy) is 2. The molecule has 4 rings (SSSR count). The molecular formula is C22H17NO4S. The van der Waals surface area contributed by atoms with Crippen molar-refractivity contribution in [3.05, 3.63) is 76.7 Å². The Morgan fingerprint density at radius 3 is 2.61 bits per heavy atom. The summed E-state index contributed by atoms with van der Waals surface area (Å²) in [5.41, 5.74) is 1.84. The van der Waals surface area contributed by atoms with Crippen molar-refractivity contribution in [2.75, 3.05) is 7.11 Å².